The molecular weight excluding hydrogens is 483 g/mol. The molecular formula is C27H26F3N5O2. The lowest BCUT2D eigenvalue weighted by Gasteiger charge is -2.34. The zero-order valence-corrected chi connectivity index (χ0v) is 20.5. The molecule has 1 aliphatic rings. The van der Waals surface area contributed by atoms with Crippen molar-refractivity contribution in [2.24, 2.45) is 0 Å². The third kappa shape index (κ3) is 5.29. The van der Waals surface area contributed by atoms with Crippen LogP contribution in [0.5, 0.6) is 5.75 Å². The van der Waals surface area contributed by atoms with Crippen molar-refractivity contribution in [3.8, 4) is 17.0 Å². The smallest absolute Gasteiger partial charge is 0.433 e. The van der Waals surface area contributed by atoms with Crippen LogP contribution in [-0.4, -0.2) is 63.6 Å². The van der Waals surface area contributed by atoms with E-state index in [0.29, 0.717) is 42.0 Å². The highest BCUT2D eigenvalue weighted by atomic mass is 19.4. The van der Waals surface area contributed by atoms with Gasteiger partial charge < -0.3 is 9.64 Å². The van der Waals surface area contributed by atoms with Crippen molar-refractivity contribution < 1.29 is 22.7 Å². The summed E-state index contributed by atoms with van der Waals surface area (Å²) in [5.41, 5.74) is 1.93. The molecule has 0 unspecified atom stereocenters. The number of carbonyl (C=O) groups is 1. The number of aryl methyl sites for hydroxylation is 1. The minimum absolute atomic E-state index is 0.0397. The maximum atomic E-state index is 13.9. The lowest BCUT2D eigenvalue weighted by Crippen LogP contribution is -2.48. The van der Waals surface area contributed by atoms with Crippen molar-refractivity contribution in [1.82, 2.24) is 24.4 Å². The summed E-state index contributed by atoms with van der Waals surface area (Å²) < 4.78 is 47.6. The Morgan fingerprint density at radius 3 is 2.38 bits per heavy atom. The minimum Gasteiger partial charge on any atom is -0.497 e. The second-order valence-corrected chi connectivity index (χ2v) is 9.11. The Labute approximate surface area is 212 Å². The summed E-state index contributed by atoms with van der Waals surface area (Å²) in [4.78, 5) is 21.4. The number of piperazine rings is 1. The van der Waals surface area contributed by atoms with E-state index in [-0.39, 0.29) is 17.0 Å². The average molecular weight is 510 g/mol. The van der Waals surface area contributed by atoms with Crippen LogP contribution in [0.4, 0.5) is 13.2 Å². The van der Waals surface area contributed by atoms with Crippen LogP contribution < -0.4 is 4.74 Å². The number of rotatable bonds is 5. The van der Waals surface area contributed by atoms with Gasteiger partial charge in [-0.25, -0.2) is 9.50 Å². The van der Waals surface area contributed by atoms with Crippen molar-refractivity contribution in [3.05, 3.63) is 83.2 Å². The van der Waals surface area contributed by atoms with Crippen molar-refractivity contribution in [3.63, 3.8) is 0 Å². The number of aromatic nitrogens is 3. The summed E-state index contributed by atoms with van der Waals surface area (Å²) in [6.45, 7) is 5.10. The molecule has 7 nitrogen and oxygen atoms in total. The van der Waals surface area contributed by atoms with Crippen LogP contribution in [0, 0.1) is 6.92 Å². The van der Waals surface area contributed by atoms with Gasteiger partial charge in [0.1, 0.15) is 5.75 Å². The van der Waals surface area contributed by atoms with E-state index >= 15 is 0 Å². The Bertz CT molecular complexity index is 1420. The van der Waals surface area contributed by atoms with Gasteiger partial charge in [0, 0.05) is 44.4 Å². The van der Waals surface area contributed by atoms with E-state index in [0.717, 1.165) is 12.6 Å². The molecule has 37 heavy (non-hydrogen) atoms. The van der Waals surface area contributed by atoms with Gasteiger partial charge in [-0.05, 0) is 42.8 Å². The number of halogens is 3. The van der Waals surface area contributed by atoms with E-state index in [1.165, 1.54) is 24.3 Å². The highest BCUT2D eigenvalue weighted by Gasteiger charge is 2.36. The molecule has 0 atom stereocenters. The second-order valence-electron chi connectivity index (χ2n) is 9.11. The summed E-state index contributed by atoms with van der Waals surface area (Å²) >= 11 is 0. The molecule has 0 saturated carbocycles. The Balaban J connectivity index is 1.37. The van der Waals surface area contributed by atoms with Gasteiger partial charge in [0.25, 0.3) is 5.91 Å². The van der Waals surface area contributed by atoms with Gasteiger partial charge in [0.2, 0.25) is 0 Å². The lowest BCUT2D eigenvalue weighted by atomic mass is 10.1. The standard InChI is InChI=1S/C27H26F3N5O2/c1-18-4-3-5-19(14-18)17-33-10-12-34(13-11-33)26(36)23-16-25-31-22(20-6-8-21(37-2)9-7-20)15-24(27(28,29)30)35(25)32-23/h3-9,14-16H,10-13,17H2,1-2H3. The number of carbonyl (C=O) groups excluding carboxylic acids is 1. The highest BCUT2D eigenvalue weighted by molar-refractivity contribution is 5.93. The van der Waals surface area contributed by atoms with E-state index in [4.69, 9.17) is 4.74 Å². The van der Waals surface area contributed by atoms with Gasteiger partial charge in [-0.2, -0.15) is 18.3 Å². The summed E-state index contributed by atoms with van der Waals surface area (Å²) in [7, 11) is 1.51. The van der Waals surface area contributed by atoms with E-state index in [2.05, 4.69) is 27.1 Å². The van der Waals surface area contributed by atoms with Crippen LogP contribution >= 0.6 is 0 Å². The fraction of sp³-hybridized carbons (Fsp3) is 0.296. The van der Waals surface area contributed by atoms with Gasteiger partial charge in [-0.3, -0.25) is 9.69 Å². The molecule has 1 saturated heterocycles. The number of methoxy groups -OCH3 is 1. The summed E-state index contributed by atoms with van der Waals surface area (Å²) in [6.07, 6.45) is -4.68. The van der Waals surface area contributed by atoms with Gasteiger partial charge >= 0.3 is 6.18 Å². The SMILES string of the molecule is COc1ccc(-c2cc(C(F)(F)F)n3nc(C(=O)N4CCN(Cc5cccc(C)c5)CC4)cc3n2)cc1. The van der Waals surface area contributed by atoms with Gasteiger partial charge in [-0.15, -0.1) is 0 Å². The molecule has 5 rings (SSSR count). The summed E-state index contributed by atoms with van der Waals surface area (Å²) in [5, 5.41) is 4.02. The molecule has 0 aliphatic carbocycles. The Morgan fingerprint density at radius 1 is 1.00 bits per heavy atom. The molecule has 0 N–H and O–H groups in total. The number of hydrogen-bond donors (Lipinski definition) is 0. The maximum Gasteiger partial charge on any atom is 0.433 e. The minimum atomic E-state index is -4.68. The summed E-state index contributed by atoms with van der Waals surface area (Å²) in [5.74, 6) is 0.178. The van der Waals surface area contributed by atoms with Crippen LogP contribution in [0.1, 0.15) is 27.3 Å². The van der Waals surface area contributed by atoms with Crippen LogP contribution in [0.15, 0.2) is 60.7 Å². The molecule has 10 heteroatoms. The van der Waals surface area contributed by atoms with E-state index in [1.807, 2.05) is 19.1 Å². The fourth-order valence-corrected chi connectivity index (χ4v) is 4.53. The van der Waals surface area contributed by atoms with Crippen LogP contribution in [0.25, 0.3) is 16.9 Å². The third-order valence-corrected chi connectivity index (χ3v) is 6.47. The van der Waals surface area contributed by atoms with E-state index in [9.17, 15) is 18.0 Å². The predicted octanol–water partition coefficient (Wildman–Crippen LogP) is 4.69. The first kappa shape index (κ1) is 24.8. The van der Waals surface area contributed by atoms with Crippen LogP contribution in [0.3, 0.4) is 0 Å². The Kier molecular flexibility index (Phi) is 6.59. The molecule has 3 heterocycles. The van der Waals surface area contributed by atoms with E-state index < -0.39 is 17.8 Å². The van der Waals surface area contributed by atoms with Crippen molar-refractivity contribution in [2.45, 2.75) is 19.6 Å². The number of benzene rings is 2. The van der Waals surface area contributed by atoms with E-state index in [1.54, 1.807) is 29.2 Å². The highest BCUT2D eigenvalue weighted by Crippen LogP contribution is 2.33. The first-order valence-electron chi connectivity index (χ1n) is 11.9. The second kappa shape index (κ2) is 9.85. The normalized spacial score (nSPS) is 14.8. The molecule has 0 spiro atoms. The van der Waals surface area contributed by atoms with Crippen molar-refractivity contribution in [2.75, 3.05) is 33.3 Å². The van der Waals surface area contributed by atoms with Gasteiger partial charge in [0.15, 0.2) is 17.0 Å². The zero-order valence-electron chi connectivity index (χ0n) is 20.5. The summed E-state index contributed by atoms with van der Waals surface area (Å²) in [6, 6.07) is 17.1. The Morgan fingerprint density at radius 2 is 1.73 bits per heavy atom. The van der Waals surface area contributed by atoms with Crippen LogP contribution in [-0.2, 0) is 12.7 Å². The Hall–Kier alpha value is -3.92. The molecule has 1 fully saturated rings. The number of nitrogens with zero attached hydrogens (tertiary/aromatic N) is 5. The first-order chi connectivity index (χ1) is 17.7. The first-order valence-corrected chi connectivity index (χ1v) is 11.9. The quantitative estimate of drug-likeness (QED) is 0.391. The lowest BCUT2D eigenvalue weighted by molar-refractivity contribution is -0.142. The molecule has 4 aromatic rings. The average Bonchev–Trinajstić information content (AvgIpc) is 3.32. The molecule has 0 radical (unpaired) electrons. The van der Waals surface area contributed by atoms with Crippen molar-refractivity contribution in [1.29, 1.82) is 0 Å². The fourth-order valence-electron chi connectivity index (χ4n) is 4.53. The molecule has 192 valence electrons. The van der Waals surface area contributed by atoms with Gasteiger partial charge in [0.05, 0.1) is 12.8 Å². The molecule has 2 aromatic heterocycles. The molecule has 0 bridgehead atoms. The number of ether oxygens (including phenoxy) is 1. The monoisotopic (exact) mass is 509 g/mol. The van der Waals surface area contributed by atoms with Crippen LogP contribution in [0.2, 0.25) is 0 Å². The predicted molar refractivity (Wildman–Crippen MR) is 132 cm³/mol. The number of hydrogen-bond acceptors (Lipinski definition) is 5. The van der Waals surface area contributed by atoms with Crippen molar-refractivity contribution >= 4 is 11.6 Å². The number of alkyl halides is 3. The molecule has 1 aliphatic heterocycles. The third-order valence-electron chi connectivity index (χ3n) is 6.47. The topological polar surface area (TPSA) is 63.0 Å². The number of amides is 1. The zero-order chi connectivity index (χ0) is 26.2. The molecule has 1 amide bonds. The molecule has 2 aromatic carbocycles. The largest absolute Gasteiger partial charge is 0.497 e. The maximum absolute atomic E-state index is 13.9. The number of fused-ring (bicyclic) bond motifs is 1. The van der Waals surface area contributed by atoms with Gasteiger partial charge in [-0.1, -0.05) is 29.8 Å².